The number of hydrogen-bond donors (Lipinski definition) is 1. The molecule has 2 amide bonds. The molecule has 0 bridgehead atoms. The first-order valence-corrected chi connectivity index (χ1v) is 10.4. The van der Waals surface area contributed by atoms with Crippen molar-refractivity contribution in [1.29, 1.82) is 0 Å². The minimum absolute atomic E-state index is 0.0549. The first kappa shape index (κ1) is 19.1. The monoisotopic (exact) mass is 398 g/mol. The number of nitrogens with zero attached hydrogens (tertiary/aromatic N) is 3. The molecule has 148 valence electrons. The van der Waals surface area contributed by atoms with Gasteiger partial charge in [-0.05, 0) is 37.1 Å². The van der Waals surface area contributed by atoms with Crippen LogP contribution < -0.4 is 10.2 Å². The second-order valence-electron chi connectivity index (χ2n) is 7.51. The molecule has 2 saturated heterocycles. The summed E-state index contributed by atoms with van der Waals surface area (Å²) in [6.45, 7) is 5.73. The second-order valence-corrected chi connectivity index (χ2v) is 7.92. The van der Waals surface area contributed by atoms with Gasteiger partial charge < -0.3 is 15.1 Å². The van der Waals surface area contributed by atoms with Crippen molar-refractivity contribution in [2.45, 2.75) is 18.9 Å². The molecule has 5 nitrogen and oxygen atoms in total. The quantitative estimate of drug-likeness (QED) is 0.843. The van der Waals surface area contributed by atoms with Gasteiger partial charge in [0.1, 0.15) is 0 Å². The van der Waals surface area contributed by atoms with Gasteiger partial charge in [-0.15, -0.1) is 0 Å². The van der Waals surface area contributed by atoms with Crippen LogP contribution in [0.4, 0.5) is 16.2 Å². The lowest BCUT2D eigenvalue weighted by molar-refractivity contribution is 0.108. The van der Waals surface area contributed by atoms with E-state index in [4.69, 9.17) is 11.6 Å². The van der Waals surface area contributed by atoms with Crippen molar-refractivity contribution in [3.05, 3.63) is 59.6 Å². The van der Waals surface area contributed by atoms with Crippen LogP contribution in [0.3, 0.4) is 0 Å². The number of hydrogen-bond acceptors (Lipinski definition) is 3. The number of rotatable bonds is 3. The van der Waals surface area contributed by atoms with Crippen LogP contribution in [-0.4, -0.2) is 61.1 Å². The van der Waals surface area contributed by atoms with E-state index in [-0.39, 0.29) is 6.03 Å². The van der Waals surface area contributed by atoms with Gasteiger partial charge in [-0.3, -0.25) is 4.90 Å². The maximum Gasteiger partial charge on any atom is 0.321 e. The Morgan fingerprint density at radius 1 is 0.929 bits per heavy atom. The van der Waals surface area contributed by atoms with Gasteiger partial charge >= 0.3 is 6.03 Å². The fourth-order valence-corrected chi connectivity index (χ4v) is 4.36. The van der Waals surface area contributed by atoms with Crippen molar-refractivity contribution >= 4 is 29.0 Å². The second kappa shape index (κ2) is 8.84. The van der Waals surface area contributed by atoms with Gasteiger partial charge in [-0.25, -0.2) is 4.79 Å². The predicted octanol–water partition coefficient (Wildman–Crippen LogP) is 4.16. The van der Waals surface area contributed by atoms with Crippen molar-refractivity contribution in [3.8, 4) is 0 Å². The van der Waals surface area contributed by atoms with E-state index in [9.17, 15) is 4.79 Å². The smallest absolute Gasteiger partial charge is 0.321 e. The van der Waals surface area contributed by atoms with E-state index in [1.54, 1.807) is 6.07 Å². The van der Waals surface area contributed by atoms with Crippen LogP contribution in [0.25, 0.3) is 0 Å². The Hall–Kier alpha value is -2.24. The Bertz CT molecular complexity index is 792. The van der Waals surface area contributed by atoms with Gasteiger partial charge in [0.25, 0.3) is 0 Å². The van der Waals surface area contributed by atoms with E-state index in [0.29, 0.717) is 16.8 Å². The topological polar surface area (TPSA) is 38.8 Å². The van der Waals surface area contributed by atoms with Gasteiger partial charge in [0.2, 0.25) is 0 Å². The lowest BCUT2D eigenvalue weighted by Gasteiger charge is -2.43. The van der Waals surface area contributed by atoms with Gasteiger partial charge in [-0.1, -0.05) is 41.9 Å². The molecule has 0 unspecified atom stereocenters. The van der Waals surface area contributed by atoms with E-state index in [1.807, 2.05) is 23.1 Å². The van der Waals surface area contributed by atoms with Crippen LogP contribution in [0.1, 0.15) is 12.8 Å². The van der Waals surface area contributed by atoms with Crippen LogP contribution in [-0.2, 0) is 0 Å². The molecule has 2 aromatic rings. The molecule has 0 spiro atoms. The Balaban J connectivity index is 1.32. The highest BCUT2D eigenvalue weighted by Crippen LogP contribution is 2.23. The molecule has 2 heterocycles. The fourth-order valence-electron chi connectivity index (χ4n) is 4.18. The van der Waals surface area contributed by atoms with Crippen LogP contribution in [0.5, 0.6) is 0 Å². The Kier molecular flexibility index (Phi) is 6.03. The zero-order valence-electron chi connectivity index (χ0n) is 16.1. The SMILES string of the molecule is O=C(Nc1ccccc1Cl)N1CCC[C@@H](N2CCN(c3ccccc3)CC2)C1. The van der Waals surface area contributed by atoms with Crippen LogP contribution in [0, 0.1) is 0 Å². The normalized spacial score (nSPS) is 20.8. The number of halogens is 1. The summed E-state index contributed by atoms with van der Waals surface area (Å²) in [6.07, 6.45) is 2.20. The fraction of sp³-hybridized carbons (Fsp3) is 0.409. The summed E-state index contributed by atoms with van der Waals surface area (Å²) >= 11 is 6.18. The number of anilines is 2. The number of para-hydroxylation sites is 2. The van der Waals surface area contributed by atoms with E-state index in [2.05, 4.69) is 45.4 Å². The number of carbonyl (C=O) groups is 1. The molecule has 1 atom stereocenters. The summed E-state index contributed by atoms with van der Waals surface area (Å²) in [4.78, 5) is 19.6. The third kappa shape index (κ3) is 4.42. The molecule has 2 aliphatic heterocycles. The van der Waals surface area contributed by atoms with Crippen molar-refractivity contribution in [1.82, 2.24) is 9.80 Å². The minimum Gasteiger partial charge on any atom is -0.369 e. The van der Waals surface area contributed by atoms with Gasteiger partial charge in [0.05, 0.1) is 10.7 Å². The Labute approximate surface area is 171 Å². The van der Waals surface area contributed by atoms with Crippen molar-refractivity contribution in [2.24, 2.45) is 0 Å². The molecule has 0 saturated carbocycles. The van der Waals surface area contributed by atoms with Gasteiger partial charge in [0, 0.05) is 51.0 Å². The lowest BCUT2D eigenvalue weighted by atomic mass is 10.0. The lowest BCUT2D eigenvalue weighted by Crippen LogP contribution is -2.56. The third-order valence-electron chi connectivity index (χ3n) is 5.75. The highest BCUT2D eigenvalue weighted by molar-refractivity contribution is 6.33. The first-order chi connectivity index (χ1) is 13.7. The molecule has 6 heteroatoms. The standard InChI is InChI=1S/C22H27ClN4O/c23-20-10-4-5-11-21(20)24-22(28)27-12-6-9-19(17-27)26-15-13-25(14-16-26)18-7-2-1-3-8-18/h1-5,7-8,10-11,19H,6,9,12-17H2,(H,24,28)/t19-/m1/s1. The summed E-state index contributed by atoms with van der Waals surface area (Å²) in [5.74, 6) is 0. The molecule has 2 aromatic carbocycles. The molecule has 0 aliphatic carbocycles. The number of piperazine rings is 1. The van der Waals surface area contributed by atoms with E-state index in [0.717, 1.165) is 52.1 Å². The maximum absolute atomic E-state index is 12.7. The summed E-state index contributed by atoms with van der Waals surface area (Å²) < 4.78 is 0. The summed E-state index contributed by atoms with van der Waals surface area (Å²) in [5.41, 5.74) is 1.97. The number of carbonyl (C=O) groups excluding carboxylic acids is 1. The van der Waals surface area contributed by atoms with E-state index < -0.39 is 0 Å². The highest BCUT2D eigenvalue weighted by atomic mass is 35.5. The molecule has 2 fully saturated rings. The zero-order valence-corrected chi connectivity index (χ0v) is 16.8. The summed E-state index contributed by atoms with van der Waals surface area (Å²) in [5, 5.41) is 3.53. The van der Waals surface area contributed by atoms with E-state index in [1.165, 1.54) is 5.69 Å². The molecule has 1 N–H and O–H groups in total. The molecular formula is C22H27ClN4O. The summed E-state index contributed by atoms with van der Waals surface area (Å²) in [6, 6.07) is 18.4. The van der Waals surface area contributed by atoms with Crippen molar-refractivity contribution < 1.29 is 4.79 Å². The van der Waals surface area contributed by atoms with E-state index >= 15 is 0 Å². The zero-order chi connectivity index (χ0) is 19.3. The molecule has 0 radical (unpaired) electrons. The first-order valence-electron chi connectivity index (χ1n) is 10.1. The number of likely N-dealkylation sites (tertiary alicyclic amines) is 1. The molecule has 0 aromatic heterocycles. The minimum atomic E-state index is -0.0549. The average Bonchev–Trinajstić information content (AvgIpc) is 2.76. The Morgan fingerprint density at radius 3 is 2.39 bits per heavy atom. The van der Waals surface area contributed by atoms with Crippen LogP contribution in [0.15, 0.2) is 54.6 Å². The molecular weight excluding hydrogens is 372 g/mol. The highest BCUT2D eigenvalue weighted by Gasteiger charge is 2.30. The maximum atomic E-state index is 12.7. The largest absolute Gasteiger partial charge is 0.369 e. The molecule has 28 heavy (non-hydrogen) atoms. The van der Waals surface area contributed by atoms with Crippen molar-refractivity contribution in [3.63, 3.8) is 0 Å². The summed E-state index contributed by atoms with van der Waals surface area (Å²) in [7, 11) is 0. The number of piperidine rings is 1. The van der Waals surface area contributed by atoms with Gasteiger partial charge in [0.15, 0.2) is 0 Å². The van der Waals surface area contributed by atoms with Crippen LogP contribution >= 0.6 is 11.6 Å². The number of nitrogens with one attached hydrogen (secondary N) is 1. The molecule has 2 aliphatic rings. The number of amides is 2. The van der Waals surface area contributed by atoms with Gasteiger partial charge in [-0.2, -0.15) is 0 Å². The average molecular weight is 399 g/mol. The predicted molar refractivity (Wildman–Crippen MR) is 115 cm³/mol. The number of benzene rings is 2. The third-order valence-corrected chi connectivity index (χ3v) is 6.08. The van der Waals surface area contributed by atoms with Crippen molar-refractivity contribution in [2.75, 3.05) is 49.5 Å². The molecule has 4 rings (SSSR count). The Morgan fingerprint density at radius 2 is 1.64 bits per heavy atom. The number of urea groups is 1. The van der Waals surface area contributed by atoms with Crippen LogP contribution in [0.2, 0.25) is 5.02 Å².